The van der Waals surface area contributed by atoms with Gasteiger partial charge < -0.3 is 14.4 Å². The summed E-state index contributed by atoms with van der Waals surface area (Å²) < 4.78 is 20.9. The molecule has 4 aromatic heterocycles. The molecule has 1 atom stereocenters. The number of aliphatic hydroxyl groups is 1. The van der Waals surface area contributed by atoms with Crippen molar-refractivity contribution >= 4 is 26.8 Å². The molecular weight excluding hydrogens is 517 g/mol. The van der Waals surface area contributed by atoms with Gasteiger partial charge in [-0.3, -0.25) is 14.9 Å². The normalized spacial score (nSPS) is 12.1. The minimum Gasteiger partial charge on any atom is -0.481 e. The SMILES string of the molecule is COc1ccc(-c2n[nH]c3cnc(-c4ccn(C(CO)c5cc(F)cc(Br)c5)c(=O)c4)cc23)cn1. The first-order valence-corrected chi connectivity index (χ1v) is 11.4. The average Bonchev–Trinajstić information content (AvgIpc) is 3.28. The van der Waals surface area contributed by atoms with Gasteiger partial charge in [-0.25, -0.2) is 9.37 Å². The topological polar surface area (TPSA) is 106 Å². The molecule has 10 heteroatoms. The Bertz CT molecular complexity index is 1560. The van der Waals surface area contributed by atoms with E-state index in [2.05, 4.69) is 36.1 Å². The van der Waals surface area contributed by atoms with Gasteiger partial charge in [0, 0.05) is 45.5 Å². The summed E-state index contributed by atoms with van der Waals surface area (Å²) in [6.45, 7) is -0.367. The van der Waals surface area contributed by atoms with Crippen molar-refractivity contribution in [2.45, 2.75) is 6.04 Å². The predicted octanol–water partition coefficient (Wildman–Crippen LogP) is 4.34. The fraction of sp³-hybridized carbons (Fsp3) is 0.120. The zero-order valence-corrected chi connectivity index (χ0v) is 20.0. The highest BCUT2D eigenvalue weighted by Gasteiger charge is 2.17. The number of hydrogen-bond acceptors (Lipinski definition) is 6. The monoisotopic (exact) mass is 535 g/mol. The standard InChI is InChI=1S/C25H19BrFN5O3/c1-35-23-3-2-15(11-29-23)25-19-10-20(28-12-21(19)30-31-25)14-4-5-32(24(34)8-14)22(13-33)16-6-17(26)9-18(27)7-16/h2-12,22,33H,13H2,1H3,(H,30,31). The number of H-pyrrole nitrogens is 1. The second kappa shape index (κ2) is 9.40. The van der Waals surface area contributed by atoms with Crippen LogP contribution in [0.1, 0.15) is 11.6 Å². The second-order valence-corrected chi connectivity index (χ2v) is 8.75. The molecule has 2 N–H and O–H groups in total. The lowest BCUT2D eigenvalue weighted by molar-refractivity contribution is 0.246. The highest BCUT2D eigenvalue weighted by atomic mass is 79.9. The Morgan fingerprint density at radius 1 is 1.11 bits per heavy atom. The zero-order valence-electron chi connectivity index (χ0n) is 18.4. The van der Waals surface area contributed by atoms with Gasteiger partial charge in [0.1, 0.15) is 11.5 Å². The summed E-state index contributed by atoms with van der Waals surface area (Å²) in [5.41, 5.74) is 3.55. The molecule has 0 saturated heterocycles. The lowest BCUT2D eigenvalue weighted by atomic mass is 10.1. The van der Waals surface area contributed by atoms with Crippen molar-refractivity contribution in [3.63, 3.8) is 0 Å². The van der Waals surface area contributed by atoms with Crippen LogP contribution in [0, 0.1) is 5.82 Å². The molecule has 0 bridgehead atoms. The lowest BCUT2D eigenvalue weighted by Crippen LogP contribution is -2.27. The third kappa shape index (κ3) is 4.45. The number of aromatic amines is 1. The predicted molar refractivity (Wildman–Crippen MR) is 133 cm³/mol. The van der Waals surface area contributed by atoms with E-state index in [1.165, 1.54) is 22.8 Å². The molecule has 0 aliphatic rings. The third-order valence-electron chi connectivity index (χ3n) is 5.69. The number of fused-ring (bicyclic) bond motifs is 1. The molecule has 35 heavy (non-hydrogen) atoms. The number of pyridine rings is 3. The van der Waals surface area contributed by atoms with Gasteiger partial charge in [-0.1, -0.05) is 15.9 Å². The first kappa shape index (κ1) is 22.9. The highest BCUT2D eigenvalue weighted by Crippen LogP contribution is 2.29. The molecule has 4 heterocycles. The van der Waals surface area contributed by atoms with Gasteiger partial charge in [-0.15, -0.1) is 0 Å². The van der Waals surface area contributed by atoms with Crippen LogP contribution in [0.3, 0.4) is 0 Å². The van der Waals surface area contributed by atoms with Crippen LogP contribution >= 0.6 is 15.9 Å². The maximum atomic E-state index is 13.9. The van der Waals surface area contributed by atoms with Gasteiger partial charge in [-0.05, 0) is 42.0 Å². The Labute approximate surface area is 207 Å². The fourth-order valence-corrected chi connectivity index (χ4v) is 4.45. The van der Waals surface area contributed by atoms with Crippen LogP contribution in [0.15, 0.2) is 76.4 Å². The molecule has 0 aliphatic heterocycles. The van der Waals surface area contributed by atoms with Gasteiger partial charge in [-0.2, -0.15) is 5.10 Å². The van der Waals surface area contributed by atoms with Crippen molar-refractivity contribution in [1.29, 1.82) is 0 Å². The number of methoxy groups -OCH3 is 1. The number of benzene rings is 1. The molecule has 5 aromatic rings. The maximum Gasteiger partial charge on any atom is 0.251 e. The smallest absolute Gasteiger partial charge is 0.251 e. The van der Waals surface area contributed by atoms with Crippen LogP contribution < -0.4 is 10.3 Å². The summed E-state index contributed by atoms with van der Waals surface area (Å²) >= 11 is 3.25. The number of nitrogens with one attached hydrogen (secondary N) is 1. The van der Waals surface area contributed by atoms with Crippen molar-refractivity contribution in [2.75, 3.05) is 13.7 Å². The largest absolute Gasteiger partial charge is 0.481 e. The Morgan fingerprint density at radius 3 is 2.66 bits per heavy atom. The van der Waals surface area contributed by atoms with E-state index >= 15 is 0 Å². The van der Waals surface area contributed by atoms with E-state index in [-0.39, 0.29) is 12.2 Å². The molecule has 5 rings (SSSR count). The highest BCUT2D eigenvalue weighted by molar-refractivity contribution is 9.10. The van der Waals surface area contributed by atoms with Crippen molar-refractivity contribution in [2.24, 2.45) is 0 Å². The zero-order chi connectivity index (χ0) is 24.5. The molecular formula is C25H19BrFN5O3. The van der Waals surface area contributed by atoms with Crippen LogP contribution in [-0.4, -0.2) is 43.6 Å². The molecule has 176 valence electrons. The summed E-state index contributed by atoms with van der Waals surface area (Å²) in [7, 11) is 1.55. The quantitative estimate of drug-likeness (QED) is 0.335. The van der Waals surface area contributed by atoms with Gasteiger partial charge in [0.25, 0.3) is 5.56 Å². The summed E-state index contributed by atoms with van der Waals surface area (Å²) in [5.74, 6) is 0.0428. The molecule has 0 radical (unpaired) electrons. The van der Waals surface area contributed by atoms with Crippen LogP contribution in [0.4, 0.5) is 4.39 Å². The van der Waals surface area contributed by atoms with Crippen molar-refractivity contribution in [3.05, 3.63) is 93.3 Å². The van der Waals surface area contributed by atoms with Crippen LogP contribution in [0.5, 0.6) is 5.88 Å². The Hall–Kier alpha value is -3.89. The minimum absolute atomic E-state index is 0.351. The molecule has 0 spiro atoms. The molecule has 0 amide bonds. The van der Waals surface area contributed by atoms with Crippen LogP contribution in [0.25, 0.3) is 33.4 Å². The fourth-order valence-electron chi connectivity index (χ4n) is 3.96. The van der Waals surface area contributed by atoms with E-state index < -0.39 is 11.9 Å². The van der Waals surface area contributed by atoms with Gasteiger partial charge in [0.05, 0.1) is 37.2 Å². The number of aliphatic hydroxyl groups excluding tert-OH is 1. The van der Waals surface area contributed by atoms with Gasteiger partial charge in [0.15, 0.2) is 0 Å². The van der Waals surface area contributed by atoms with E-state index in [1.807, 2.05) is 12.1 Å². The number of halogens is 2. The number of ether oxygens (including phenoxy) is 1. The lowest BCUT2D eigenvalue weighted by Gasteiger charge is -2.19. The third-order valence-corrected chi connectivity index (χ3v) is 6.15. The number of rotatable bonds is 6. The number of nitrogens with zero attached hydrogens (tertiary/aromatic N) is 4. The first-order chi connectivity index (χ1) is 17.0. The maximum absolute atomic E-state index is 13.9. The van der Waals surface area contributed by atoms with E-state index in [0.717, 1.165) is 16.5 Å². The van der Waals surface area contributed by atoms with E-state index in [9.17, 15) is 14.3 Å². The number of hydrogen-bond donors (Lipinski definition) is 2. The summed E-state index contributed by atoms with van der Waals surface area (Å²) in [6, 6.07) is 12.2. The van der Waals surface area contributed by atoms with Crippen molar-refractivity contribution in [3.8, 4) is 28.4 Å². The van der Waals surface area contributed by atoms with Gasteiger partial charge >= 0.3 is 0 Å². The Kier molecular flexibility index (Phi) is 6.14. The molecule has 0 saturated carbocycles. The van der Waals surface area contributed by atoms with E-state index in [1.54, 1.807) is 43.9 Å². The summed E-state index contributed by atoms with van der Waals surface area (Å²) in [4.78, 5) is 21.7. The minimum atomic E-state index is -0.734. The summed E-state index contributed by atoms with van der Waals surface area (Å²) in [6.07, 6.45) is 4.91. The molecule has 1 aromatic carbocycles. The van der Waals surface area contributed by atoms with Crippen molar-refractivity contribution < 1.29 is 14.2 Å². The van der Waals surface area contributed by atoms with Gasteiger partial charge in [0.2, 0.25) is 5.88 Å². The number of aromatic nitrogens is 5. The van der Waals surface area contributed by atoms with E-state index in [0.29, 0.717) is 32.9 Å². The average molecular weight is 536 g/mol. The van der Waals surface area contributed by atoms with Crippen molar-refractivity contribution in [1.82, 2.24) is 24.7 Å². The summed E-state index contributed by atoms with van der Waals surface area (Å²) in [5, 5.41) is 18.1. The molecule has 8 nitrogen and oxygen atoms in total. The first-order valence-electron chi connectivity index (χ1n) is 10.6. The molecule has 1 unspecified atom stereocenters. The Balaban J connectivity index is 1.52. The molecule has 0 aliphatic carbocycles. The van der Waals surface area contributed by atoms with Crippen LogP contribution in [0.2, 0.25) is 0 Å². The second-order valence-electron chi connectivity index (χ2n) is 7.84. The van der Waals surface area contributed by atoms with Crippen LogP contribution in [-0.2, 0) is 0 Å². The van der Waals surface area contributed by atoms with E-state index in [4.69, 9.17) is 4.74 Å². The molecule has 0 fully saturated rings. The Morgan fingerprint density at radius 2 is 1.97 bits per heavy atom.